The summed E-state index contributed by atoms with van der Waals surface area (Å²) < 4.78 is 6.60. The van der Waals surface area contributed by atoms with Crippen molar-refractivity contribution in [1.82, 2.24) is 5.01 Å². The Morgan fingerprint density at radius 2 is 1.88 bits per heavy atom. The summed E-state index contributed by atoms with van der Waals surface area (Å²) in [5, 5.41) is 6.22. The summed E-state index contributed by atoms with van der Waals surface area (Å²) in [5.74, 6) is 0.624. The van der Waals surface area contributed by atoms with Crippen molar-refractivity contribution in [2.75, 3.05) is 0 Å². The van der Waals surface area contributed by atoms with Crippen LogP contribution in [-0.4, -0.2) is 16.6 Å². The van der Waals surface area contributed by atoms with E-state index >= 15 is 0 Å². The molecule has 0 saturated carbocycles. The molecule has 0 spiro atoms. The van der Waals surface area contributed by atoms with Crippen LogP contribution in [-0.2, 0) is 0 Å². The predicted octanol–water partition coefficient (Wildman–Crippen LogP) is 5.34. The second kappa shape index (κ2) is 6.92. The number of amides is 1. The van der Waals surface area contributed by atoms with Gasteiger partial charge < -0.3 is 4.42 Å². The summed E-state index contributed by atoms with van der Waals surface area (Å²) in [5.41, 5.74) is 3.47. The van der Waals surface area contributed by atoms with E-state index in [4.69, 9.17) is 4.42 Å². The Morgan fingerprint density at radius 1 is 1.12 bits per heavy atom. The topological polar surface area (TPSA) is 45.8 Å². The van der Waals surface area contributed by atoms with Crippen LogP contribution in [0.3, 0.4) is 0 Å². The zero-order chi connectivity index (χ0) is 18.1. The Labute approximate surface area is 160 Å². The molecule has 5 heteroatoms. The molecule has 1 atom stereocenters. The Hall–Kier alpha value is -2.66. The highest BCUT2D eigenvalue weighted by Crippen LogP contribution is 2.34. The van der Waals surface area contributed by atoms with Crippen molar-refractivity contribution < 1.29 is 9.21 Å². The molecule has 2 aromatic carbocycles. The number of hydrogen-bond acceptors (Lipinski definition) is 3. The Morgan fingerprint density at radius 3 is 2.58 bits per heavy atom. The molecule has 4 nitrogen and oxygen atoms in total. The van der Waals surface area contributed by atoms with Gasteiger partial charge in [-0.15, -0.1) is 0 Å². The highest BCUT2D eigenvalue weighted by molar-refractivity contribution is 9.10. The number of aryl methyl sites for hydroxylation is 1. The summed E-state index contributed by atoms with van der Waals surface area (Å²) >= 11 is 3.45. The molecule has 26 heavy (non-hydrogen) atoms. The van der Waals surface area contributed by atoms with Crippen LogP contribution in [0.5, 0.6) is 0 Å². The Kier molecular flexibility index (Phi) is 4.47. The molecular formula is C21H17BrN2O2. The molecule has 0 aliphatic carbocycles. The molecule has 0 N–H and O–H groups in total. The van der Waals surface area contributed by atoms with Gasteiger partial charge in [0.15, 0.2) is 0 Å². The molecule has 0 radical (unpaired) electrons. The van der Waals surface area contributed by atoms with Gasteiger partial charge >= 0.3 is 0 Å². The van der Waals surface area contributed by atoms with Gasteiger partial charge in [0.05, 0.1) is 12.0 Å². The van der Waals surface area contributed by atoms with Crippen LogP contribution in [0.25, 0.3) is 0 Å². The smallest absolute Gasteiger partial charge is 0.274 e. The summed E-state index contributed by atoms with van der Waals surface area (Å²) in [6.45, 7) is 1.94. The molecule has 130 valence electrons. The fourth-order valence-electron chi connectivity index (χ4n) is 3.15. The molecule has 1 amide bonds. The summed E-state index contributed by atoms with van der Waals surface area (Å²) in [7, 11) is 0. The van der Waals surface area contributed by atoms with E-state index in [1.165, 1.54) is 0 Å². The zero-order valence-corrected chi connectivity index (χ0v) is 15.8. The van der Waals surface area contributed by atoms with E-state index in [1.54, 1.807) is 11.3 Å². The number of carbonyl (C=O) groups is 1. The standard InChI is InChI=1S/C21H17BrN2O2/c1-14-5-2-3-6-17(14)21(25)24-19(20-7-4-12-26-20)13-18(23-24)15-8-10-16(22)11-9-15/h2-12,19H,13H2,1H3/t19-/m1/s1. The average Bonchev–Trinajstić information content (AvgIpc) is 3.32. The minimum atomic E-state index is -0.240. The van der Waals surface area contributed by atoms with Gasteiger partial charge in [0, 0.05) is 16.5 Å². The third-order valence-corrected chi connectivity index (χ3v) is 5.07. The summed E-state index contributed by atoms with van der Waals surface area (Å²) in [6.07, 6.45) is 2.25. The van der Waals surface area contributed by atoms with E-state index in [1.807, 2.05) is 67.6 Å². The van der Waals surface area contributed by atoms with E-state index in [2.05, 4.69) is 21.0 Å². The molecule has 0 fully saturated rings. The normalized spacial score (nSPS) is 16.6. The third-order valence-electron chi connectivity index (χ3n) is 4.54. The number of furan rings is 1. The highest BCUT2D eigenvalue weighted by atomic mass is 79.9. The fraction of sp³-hybridized carbons (Fsp3) is 0.143. The van der Waals surface area contributed by atoms with Crippen LogP contribution in [0.15, 0.2) is 80.9 Å². The molecule has 4 rings (SSSR count). The number of benzene rings is 2. The van der Waals surface area contributed by atoms with Gasteiger partial charge in [0.25, 0.3) is 5.91 Å². The lowest BCUT2D eigenvalue weighted by atomic mass is 10.0. The van der Waals surface area contributed by atoms with Crippen LogP contribution in [0, 0.1) is 6.92 Å². The molecule has 2 heterocycles. The lowest BCUT2D eigenvalue weighted by molar-refractivity contribution is 0.0692. The SMILES string of the molecule is Cc1ccccc1C(=O)N1N=C(c2ccc(Br)cc2)C[C@@H]1c1ccco1. The van der Waals surface area contributed by atoms with Crippen molar-refractivity contribution in [3.63, 3.8) is 0 Å². The first-order valence-corrected chi connectivity index (χ1v) is 9.19. The first-order valence-electron chi connectivity index (χ1n) is 8.39. The van der Waals surface area contributed by atoms with E-state index in [0.717, 1.165) is 27.1 Å². The number of carbonyl (C=O) groups excluding carboxylic acids is 1. The maximum atomic E-state index is 13.2. The number of halogens is 1. The molecule has 0 bridgehead atoms. The quantitative estimate of drug-likeness (QED) is 0.586. The molecule has 0 unspecified atom stereocenters. The number of hydrazone groups is 1. The summed E-state index contributed by atoms with van der Waals surface area (Å²) in [6, 6.07) is 19.0. The van der Waals surface area contributed by atoms with E-state index < -0.39 is 0 Å². The molecule has 3 aromatic rings. The van der Waals surface area contributed by atoms with Gasteiger partial charge in [-0.1, -0.05) is 46.3 Å². The van der Waals surface area contributed by atoms with Crippen LogP contribution in [0.2, 0.25) is 0 Å². The van der Waals surface area contributed by atoms with E-state index in [9.17, 15) is 4.79 Å². The van der Waals surface area contributed by atoms with Gasteiger partial charge in [-0.3, -0.25) is 4.79 Å². The average molecular weight is 409 g/mol. The van der Waals surface area contributed by atoms with E-state index in [0.29, 0.717) is 12.0 Å². The van der Waals surface area contributed by atoms with Crippen molar-refractivity contribution in [3.8, 4) is 0 Å². The summed E-state index contributed by atoms with van der Waals surface area (Å²) in [4.78, 5) is 13.2. The largest absolute Gasteiger partial charge is 0.467 e. The second-order valence-electron chi connectivity index (χ2n) is 6.25. The molecular weight excluding hydrogens is 392 g/mol. The number of nitrogens with zero attached hydrogens (tertiary/aromatic N) is 2. The number of rotatable bonds is 3. The van der Waals surface area contributed by atoms with Crippen molar-refractivity contribution in [3.05, 3.63) is 93.9 Å². The van der Waals surface area contributed by atoms with E-state index in [-0.39, 0.29) is 11.9 Å². The Balaban J connectivity index is 1.73. The maximum absolute atomic E-state index is 13.2. The van der Waals surface area contributed by atoms with Gasteiger partial charge in [-0.05, 0) is 48.4 Å². The van der Waals surface area contributed by atoms with Crippen molar-refractivity contribution in [2.45, 2.75) is 19.4 Å². The van der Waals surface area contributed by atoms with Crippen LogP contribution in [0.1, 0.15) is 39.7 Å². The Bertz CT molecular complexity index is 962. The van der Waals surface area contributed by atoms with Crippen molar-refractivity contribution >= 4 is 27.5 Å². The van der Waals surface area contributed by atoms with Crippen molar-refractivity contribution in [2.24, 2.45) is 5.10 Å². The van der Waals surface area contributed by atoms with Crippen molar-refractivity contribution in [1.29, 1.82) is 0 Å². The highest BCUT2D eigenvalue weighted by Gasteiger charge is 2.35. The molecule has 0 saturated heterocycles. The molecule has 1 aliphatic rings. The second-order valence-corrected chi connectivity index (χ2v) is 7.17. The van der Waals surface area contributed by atoms with Crippen LogP contribution in [0.4, 0.5) is 0 Å². The minimum absolute atomic E-state index is 0.114. The first-order chi connectivity index (χ1) is 12.6. The monoisotopic (exact) mass is 408 g/mol. The van der Waals surface area contributed by atoms with Crippen LogP contribution < -0.4 is 0 Å². The van der Waals surface area contributed by atoms with Gasteiger partial charge in [-0.2, -0.15) is 5.10 Å². The fourth-order valence-corrected chi connectivity index (χ4v) is 3.42. The molecule has 1 aromatic heterocycles. The lowest BCUT2D eigenvalue weighted by Crippen LogP contribution is -2.27. The zero-order valence-electron chi connectivity index (χ0n) is 14.2. The number of hydrogen-bond donors (Lipinski definition) is 0. The van der Waals surface area contributed by atoms with Gasteiger partial charge in [-0.25, -0.2) is 5.01 Å². The van der Waals surface area contributed by atoms with Gasteiger partial charge in [0.2, 0.25) is 0 Å². The minimum Gasteiger partial charge on any atom is -0.467 e. The lowest BCUT2D eigenvalue weighted by Gasteiger charge is -2.20. The maximum Gasteiger partial charge on any atom is 0.274 e. The van der Waals surface area contributed by atoms with Gasteiger partial charge in [0.1, 0.15) is 11.8 Å². The predicted molar refractivity (Wildman–Crippen MR) is 104 cm³/mol. The van der Waals surface area contributed by atoms with Crippen LogP contribution >= 0.6 is 15.9 Å². The third kappa shape index (κ3) is 3.10. The molecule has 1 aliphatic heterocycles. The first kappa shape index (κ1) is 16.8.